The lowest BCUT2D eigenvalue weighted by Gasteiger charge is -2.29. The fourth-order valence-corrected chi connectivity index (χ4v) is 7.17. The van der Waals surface area contributed by atoms with Gasteiger partial charge in [-0.1, -0.05) is 41.9 Å². The topological polar surface area (TPSA) is 216 Å². The van der Waals surface area contributed by atoms with Gasteiger partial charge in [0.25, 0.3) is 26.1 Å². The monoisotopic (exact) mass is 794 g/mol. The second-order valence-electron chi connectivity index (χ2n) is 13.2. The van der Waals surface area contributed by atoms with E-state index in [1.54, 1.807) is 79.9 Å². The molecule has 2 aliphatic heterocycles. The Hall–Kier alpha value is -4.24. The quantitative estimate of drug-likeness (QED) is 0.231. The minimum atomic E-state index is -3.95. The number of amides is 2. The third-order valence-electron chi connectivity index (χ3n) is 7.96. The number of rotatable bonds is 9. The van der Waals surface area contributed by atoms with E-state index in [4.69, 9.17) is 30.0 Å². The molecule has 0 aliphatic carbocycles. The third-order valence-corrected chi connectivity index (χ3v) is 10.1. The van der Waals surface area contributed by atoms with Gasteiger partial charge in [0.2, 0.25) is 0 Å². The van der Waals surface area contributed by atoms with Crippen molar-refractivity contribution < 1.29 is 49.0 Å². The number of ether oxygens (including phenoxy) is 3. The van der Waals surface area contributed by atoms with Crippen LogP contribution in [0.5, 0.6) is 0 Å². The summed E-state index contributed by atoms with van der Waals surface area (Å²) in [4.78, 5) is 38.9. The predicted octanol–water partition coefficient (Wildman–Crippen LogP) is 3.68. The maximum atomic E-state index is 12.9. The zero-order valence-corrected chi connectivity index (χ0v) is 31.8. The van der Waals surface area contributed by atoms with Crippen LogP contribution in [-0.4, -0.2) is 97.9 Å². The van der Waals surface area contributed by atoms with Crippen molar-refractivity contribution in [2.75, 3.05) is 37.6 Å². The summed E-state index contributed by atoms with van der Waals surface area (Å²) in [5.74, 6) is -1.40. The van der Waals surface area contributed by atoms with Crippen LogP contribution in [0.15, 0.2) is 67.3 Å². The molecule has 53 heavy (non-hydrogen) atoms. The molecule has 4 atom stereocenters. The number of hydrogen-bond donors (Lipinski definition) is 2. The normalized spacial score (nSPS) is 22.3. The Labute approximate surface area is 311 Å². The van der Waals surface area contributed by atoms with Crippen LogP contribution in [0.25, 0.3) is 11.2 Å². The molecule has 0 bridgehead atoms. The molecule has 17 nitrogen and oxygen atoms in total. The molecule has 1 unspecified atom stereocenters. The van der Waals surface area contributed by atoms with E-state index in [-0.39, 0.29) is 37.0 Å². The molecule has 286 valence electrons. The number of anilines is 1. The van der Waals surface area contributed by atoms with Crippen LogP contribution in [0.4, 0.5) is 10.6 Å². The van der Waals surface area contributed by atoms with E-state index >= 15 is 0 Å². The van der Waals surface area contributed by atoms with Crippen molar-refractivity contribution in [1.82, 2.24) is 24.8 Å². The summed E-state index contributed by atoms with van der Waals surface area (Å²) < 4.78 is 74.2. The largest absolute Gasteiger partial charge is 0.444 e. The van der Waals surface area contributed by atoms with E-state index in [0.717, 1.165) is 18.9 Å². The maximum Gasteiger partial charge on any atom is 0.407 e. The molecule has 2 amide bonds. The lowest BCUT2D eigenvalue weighted by atomic mass is 9.90. The molecule has 2 aromatic carbocycles. The Morgan fingerprint density at radius 1 is 1.08 bits per heavy atom. The number of alkyl carbamates (subject to hydrolysis) is 1. The van der Waals surface area contributed by atoms with Crippen LogP contribution in [-0.2, 0) is 49.4 Å². The Morgan fingerprint density at radius 2 is 1.75 bits per heavy atom. The van der Waals surface area contributed by atoms with Crippen molar-refractivity contribution in [2.45, 2.75) is 50.9 Å². The number of aromatic nitrogens is 4. The highest BCUT2D eigenvalue weighted by molar-refractivity contribution is 7.87. The van der Waals surface area contributed by atoms with Crippen LogP contribution in [0.2, 0.25) is 5.02 Å². The van der Waals surface area contributed by atoms with Crippen molar-refractivity contribution in [3.8, 4) is 0 Å². The smallest absolute Gasteiger partial charge is 0.407 e. The van der Waals surface area contributed by atoms with Gasteiger partial charge in [0.05, 0.1) is 44.9 Å². The van der Waals surface area contributed by atoms with Crippen molar-refractivity contribution >= 4 is 60.8 Å². The van der Waals surface area contributed by atoms with Crippen LogP contribution in [0, 0.1) is 5.92 Å². The first-order valence-electron chi connectivity index (χ1n) is 16.1. The van der Waals surface area contributed by atoms with Gasteiger partial charge in [-0.2, -0.15) is 16.8 Å². The Balaban J connectivity index is 0.000000833. The fourth-order valence-electron chi connectivity index (χ4n) is 5.67. The molecular formula is C33H39ClN6O11S2. The van der Waals surface area contributed by atoms with Crippen LogP contribution >= 0.6 is 11.6 Å². The van der Waals surface area contributed by atoms with Gasteiger partial charge in [-0.15, -0.1) is 0 Å². The van der Waals surface area contributed by atoms with Crippen molar-refractivity contribution in [1.29, 1.82) is 0 Å². The number of nitrogens with zero attached hydrogens (tertiary/aromatic N) is 4. The number of carbonyl (C=O) groups excluding carboxylic acids is 2. The summed E-state index contributed by atoms with van der Waals surface area (Å²) in [6, 6.07) is 15.7. The third kappa shape index (κ3) is 10.3. The van der Waals surface area contributed by atoms with Crippen LogP contribution in [0.1, 0.15) is 42.9 Å². The average molecular weight is 795 g/mol. The first-order valence-corrected chi connectivity index (χ1v) is 19.8. The number of nitrogens with one attached hydrogen (secondary N) is 2. The number of halogens is 1. The first kappa shape index (κ1) is 40.0. The fraction of sp³-hybridized carbons (Fsp3) is 0.424. The molecule has 2 saturated heterocycles. The lowest BCUT2D eigenvalue weighted by Crippen LogP contribution is -2.49. The summed E-state index contributed by atoms with van der Waals surface area (Å²) in [7, 11) is -5.99. The Morgan fingerprint density at radius 3 is 2.36 bits per heavy atom. The highest BCUT2D eigenvalue weighted by Crippen LogP contribution is 2.48. The minimum absolute atomic E-state index is 0.0327. The summed E-state index contributed by atoms with van der Waals surface area (Å²) in [6.45, 7) is 4.98. The van der Waals surface area contributed by atoms with Crippen LogP contribution in [0.3, 0.4) is 0 Å². The summed E-state index contributed by atoms with van der Waals surface area (Å²) in [5, 5.41) is 6.12. The van der Waals surface area contributed by atoms with E-state index in [1.165, 1.54) is 12.7 Å². The zero-order chi connectivity index (χ0) is 38.6. The SMILES string of the molecule is CC(C)(C)OC(=O)NC[C@H]1[C@H](n2cnc3c(NC(=O)c4ccccc4)ncnc32)OC2(COS(=O)(=O)C2)[C@H]1OCc1ccc(Cl)cc1.COS(C)(=O)=O. The van der Waals surface area contributed by atoms with E-state index in [1.807, 2.05) is 0 Å². The standard InChI is InChI=1S/C31H33ClN6O8S.C2H6O3S/c1-30(2,3)46-29(40)33-13-22-24(43-14-19-9-11-21(32)12-10-19)31(15-44-47(41,42)16-31)45-28(22)38-18-36-23-25(34-17-35-26(23)38)37-27(39)20-7-5-4-6-8-20;1-5-6(2,3)4/h4-12,17-18,22,24,28H,13-16H2,1-3H3,(H,33,40)(H,34,35,37,39);1-2H3/t22-,24+,28-,31?;/m1./s1. The van der Waals surface area contributed by atoms with Crippen molar-refractivity contribution in [3.63, 3.8) is 0 Å². The second kappa shape index (κ2) is 16.0. The molecule has 2 N–H and O–H groups in total. The molecule has 2 fully saturated rings. The molecule has 4 aromatic rings. The number of fused-ring (bicyclic) bond motifs is 1. The maximum absolute atomic E-state index is 12.9. The molecular weight excluding hydrogens is 756 g/mol. The Kier molecular flexibility index (Phi) is 12.1. The summed E-state index contributed by atoms with van der Waals surface area (Å²) >= 11 is 6.06. The molecule has 20 heteroatoms. The average Bonchev–Trinajstić information content (AvgIpc) is 3.75. The highest BCUT2D eigenvalue weighted by atomic mass is 35.5. The zero-order valence-electron chi connectivity index (χ0n) is 29.4. The summed E-state index contributed by atoms with van der Waals surface area (Å²) in [6.07, 6.45) is 1.21. The Bertz CT molecular complexity index is 2150. The lowest BCUT2D eigenvalue weighted by molar-refractivity contribution is -0.113. The van der Waals surface area contributed by atoms with Crippen molar-refractivity contribution in [2.24, 2.45) is 5.92 Å². The molecule has 1 spiro atoms. The molecule has 2 aromatic heterocycles. The van der Waals surface area contributed by atoms with Crippen LogP contribution < -0.4 is 10.6 Å². The number of benzene rings is 2. The second-order valence-corrected chi connectivity index (χ2v) is 17.0. The molecule has 4 heterocycles. The van der Waals surface area contributed by atoms with Gasteiger partial charge < -0.3 is 24.8 Å². The van der Waals surface area contributed by atoms with E-state index in [2.05, 4.69) is 29.8 Å². The van der Waals surface area contributed by atoms with Crippen molar-refractivity contribution in [3.05, 3.63) is 83.4 Å². The highest BCUT2D eigenvalue weighted by Gasteiger charge is 2.62. The van der Waals surface area contributed by atoms with Gasteiger partial charge >= 0.3 is 6.09 Å². The predicted molar refractivity (Wildman–Crippen MR) is 192 cm³/mol. The van der Waals surface area contributed by atoms with Gasteiger partial charge in [-0.3, -0.25) is 17.7 Å². The van der Waals surface area contributed by atoms with E-state index < -0.39 is 61.5 Å². The molecule has 0 saturated carbocycles. The number of hydrogen-bond acceptors (Lipinski definition) is 14. The van der Waals surface area contributed by atoms with Gasteiger partial charge in [-0.25, -0.2) is 19.7 Å². The van der Waals surface area contributed by atoms with Gasteiger partial charge in [-0.05, 0) is 50.6 Å². The summed E-state index contributed by atoms with van der Waals surface area (Å²) in [5.41, 5.74) is -0.416. The minimum Gasteiger partial charge on any atom is -0.444 e. The van der Waals surface area contributed by atoms with Gasteiger partial charge in [0.1, 0.15) is 29.5 Å². The van der Waals surface area contributed by atoms with E-state index in [0.29, 0.717) is 16.2 Å². The van der Waals surface area contributed by atoms with E-state index in [9.17, 15) is 26.4 Å². The molecule has 0 radical (unpaired) electrons. The number of carbonyl (C=O) groups is 2. The number of imidazole rings is 1. The van der Waals surface area contributed by atoms with Gasteiger partial charge in [0, 0.05) is 17.1 Å². The molecule has 6 rings (SSSR count). The first-order chi connectivity index (χ1) is 24.9. The van der Waals surface area contributed by atoms with Gasteiger partial charge in [0.15, 0.2) is 17.0 Å². The molecule has 2 aliphatic rings.